The molecule has 0 bridgehead atoms. The lowest BCUT2D eigenvalue weighted by Gasteiger charge is -2.37. The van der Waals surface area contributed by atoms with E-state index in [0.29, 0.717) is 46.9 Å². The second kappa shape index (κ2) is 8.50. The summed E-state index contributed by atoms with van der Waals surface area (Å²) in [5.41, 5.74) is 2.04. The van der Waals surface area contributed by atoms with Crippen molar-refractivity contribution in [3.05, 3.63) is 46.2 Å². The van der Waals surface area contributed by atoms with E-state index in [9.17, 15) is 14.4 Å². The third-order valence-corrected chi connectivity index (χ3v) is 5.89. The van der Waals surface area contributed by atoms with Crippen LogP contribution >= 0.6 is 0 Å². The summed E-state index contributed by atoms with van der Waals surface area (Å²) in [5, 5.41) is 3.23. The van der Waals surface area contributed by atoms with Crippen LogP contribution in [0.4, 0.5) is 0 Å². The average Bonchev–Trinajstić information content (AvgIpc) is 3.12. The number of ether oxygens (including phenoxy) is 2. The van der Waals surface area contributed by atoms with E-state index in [1.165, 1.54) is 7.11 Å². The Morgan fingerprint density at radius 1 is 1.30 bits per heavy atom. The van der Waals surface area contributed by atoms with E-state index in [-0.39, 0.29) is 17.8 Å². The average molecular weight is 415 g/mol. The van der Waals surface area contributed by atoms with Crippen molar-refractivity contribution in [1.82, 2.24) is 5.32 Å². The van der Waals surface area contributed by atoms with Crippen molar-refractivity contribution in [1.29, 1.82) is 0 Å². The first kappa shape index (κ1) is 21.9. The molecule has 0 spiro atoms. The van der Waals surface area contributed by atoms with Crippen LogP contribution in [0.2, 0.25) is 0 Å². The highest BCUT2D eigenvalue weighted by molar-refractivity contribution is 6.12. The first-order valence-electron chi connectivity index (χ1n) is 10.3. The van der Waals surface area contributed by atoms with Crippen molar-refractivity contribution < 1.29 is 28.3 Å². The molecule has 30 heavy (non-hydrogen) atoms. The van der Waals surface area contributed by atoms with E-state index in [4.69, 9.17) is 13.9 Å². The number of rotatable bonds is 5. The largest absolute Gasteiger partial charge is 0.468 e. The molecule has 1 aromatic rings. The highest BCUT2D eigenvalue weighted by Gasteiger charge is 2.48. The van der Waals surface area contributed by atoms with Crippen molar-refractivity contribution in [3.63, 3.8) is 0 Å². The molecular formula is C23H29NO6. The second-order valence-corrected chi connectivity index (χ2v) is 8.11. The van der Waals surface area contributed by atoms with Gasteiger partial charge in [0, 0.05) is 17.0 Å². The number of dihydropyridines is 1. The monoisotopic (exact) mass is 415 g/mol. The fourth-order valence-electron chi connectivity index (χ4n) is 4.17. The van der Waals surface area contributed by atoms with Crippen LogP contribution < -0.4 is 5.32 Å². The highest BCUT2D eigenvalue weighted by Crippen LogP contribution is 2.45. The maximum atomic E-state index is 13.5. The topological polar surface area (TPSA) is 94.8 Å². The number of allylic oxidation sites excluding steroid dienone is 3. The molecular weight excluding hydrogens is 386 g/mol. The molecule has 0 saturated carbocycles. The number of nitrogens with one attached hydrogen (secondary N) is 1. The molecule has 1 N–H and O–H groups in total. The Hall–Kier alpha value is -2.83. The Kier molecular flexibility index (Phi) is 6.19. The fourth-order valence-corrected chi connectivity index (χ4v) is 4.17. The number of hydrogen-bond acceptors (Lipinski definition) is 7. The number of ketones is 1. The number of methoxy groups -OCH3 is 1. The predicted octanol–water partition coefficient (Wildman–Crippen LogP) is 3.54. The molecule has 0 unspecified atom stereocenters. The Morgan fingerprint density at radius 2 is 2.00 bits per heavy atom. The number of hydrogen-bond donors (Lipinski definition) is 1. The van der Waals surface area contributed by atoms with Crippen LogP contribution in [0.25, 0.3) is 0 Å². The van der Waals surface area contributed by atoms with Crippen LogP contribution in [0.5, 0.6) is 0 Å². The van der Waals surface area contributed by atoms with Crippen LogP contribution in [0, 0.1) is 18.8 Å². The lowest BCUT2D eigenvalue weighted by atomic mass is 9.70. The van der Waals surface area contributed by atoms with Crippen molar-refractivity contribution in [2.75, 3.05) is 7.11 Å². The van der Waals surface area contributed by atoms with Gasteiger partial charge in [0.25, 0.3) is 0 Å². The van der Waals surface area contributed by atoms with E-state index in [1.807, 2.05) is 20.8 Å². The number of Topliss-reactive ketones (excluding diaryl/α,β-unsaturated/α-hetero) is 1. The van der Waals surface area contributed by atoms with Crippen molar-refractivity contribution >= 4 is 17.7 Å². The van der Waals surface area contributed by atoms with E-state index in [0.717, 1.165) is 0 Å². The van der Waals surface area contributed by atoms with E-state index in [2.05, 4.69) is 5.32 Å². The normalized spacial score (nSPS) is 24.9. The minimum Gasteiger partial charge on any atom is -0.468 e. The van der Waals surface area contributed by atoms with Gasteiger partial charge in [-0.3, -0.25) is 9.59 Å². The number of carbonyl (C=O) groups is 3. The van der Waals surface area contributed by atoms with Gasteiger partial charge in [-0.25, -0.2) is 4.79 Å². The molecule has 2 heterocycles. The molecule has 0 radical (unpaired) electrons. The summed E-state index contributed by atoms with van der Waals surface area (Å²) >= 11 is 0. The molecule has 0 fully saturated rings. The lowest BCUT2D eigenvalue weighted by molar-refractivity contribution is -0.151. The van der Waals surface area contributed by atoms with E-state index >= 15 is 0 Å². The first-order valence-corrected chi connectivity index (χ1v) is 10.3. The van der Waals surface area contributed by atoms with Crippen LogP contribution in [-0.2, 0) is 23.9 Å². The highest BCUT2D eigenvalue weighted by atomic mass is 16.5. The standard InChI is InChI=1S/C23H29NO6/c1-7-12(3)30-23(27)18-14(5)24-15-10-11(2)17(22(26)28-6)21(25)19(15)20(18)16-9-8-13(4)29-16/h8-9,11-12,17,20,24H,7,10H2,1-6H3/t11-,12+,17+,20+/m0/s1. The Morgan fingerprint density at radius 3 is 2.57 bits per heavy atom. The molecule has 162 valence electrons. The van der Waals surface area contributed by atoms with Gasteiger partial charge in [-0.2, -0.15) is 0 Å². The van der Waals surface area contributed by atoms with Gasteiger partial charge >= 0.3 is 11.9 Å². The Labute approximate surface area is 176 Å². The van der Waals surface area contributed by atoms with E-state index < -0.39 is 23.8 Å². The number of aryl methyl sites for hydroxylation is 1. The molecule has 4 atom stereocenters. The van der Waals surface area contributed by atoms with Crippen LogP contribution in [-0.4, -0.2) is 30.9 Å². The molecule has 3 rings (SSSR count). The molecule has 1 aromatic heterocycles. The second-order valence-electron chi connectivity index (χ2n) is 8.11. The van der Waals surface area contributed by atoms with Crippen LogP contribution in [0.15, 0.2) is 39.1 Å². The summed E-state index contributed by atoms with van der Waals surface area (Å²) in [4.78, 5) is 39.0. The minimum atomic E-state index is -0.917. The SMILES string of the molecule is CC[C@@H](C)OC(=O)C1=C(C)NC2=C(C(=O)[C@H](C(=O)OC)[C@@H](C)C2)[C@@H]1c1ccc(C)o1. The zero-order chi connectivity index (χ0) is 22.2. The van der Waals surface area contributed by atoms with Gasteiger partial charge in [0.15, 0.2) is 5.78 Å². The van der Waals surface area contributed by atoms with Gasteiger partial charge in [-0.15, -0.1) is 0 Å². The summed E-state index contributed by atoms with van der Waals surface area (Å²) in [6, 6.07) is 3.55. The molecule has 0 amide bonds. The molecule has 1 aliphatic heterocycles. The number of carbonyl (C=O) groups excluding carboxylic acids is 3. The molecule has 7 heteroatoms. The third kappa shape index (κ3) is 3.80. The quantitative estimate of drug-likeness (QED) is 0.580. The molecule has 1 aliphatic carbocycles. The fraction of sp³-hybridized carbons (Fsp3) is 0.522. The first-order chi connectivity index (χ1) is 14.2. The van der Waals surface area contributed by atoms with Crippen molar-refractivity contribution in [2.24, 2.45) is 11.8 Å². The summed E-state index contributed by atoms with van der Waals surface area (Å²) in [6.45, 7) is 9.19. The van der Waals surface area contributed by atoms with Gasteiger partial charge in [0.05, 0.1) is 24.7 Å². The smallest absolute Gasteiger partial charge is 0.337 e. The zero-order valence-electron chi connectivity index (χ0n) is 18.3. The van der Waals surface area contributed by atoms with E-state index in [1.54, 1.807) is 26.0 Å². The maximum absolute atomic E-state index is 13.5. The van der Waals surface area contributed by atoms with Crippen LogP contribution in [0.3, 0.4) is 0 Å². The summed E-state index contributed by atoms with van der Waals surface area (Å²) < 4.78 is 16.3. The summed E-state index contributed by atoms with van der Waals surface area (Å²) in [7, 11) is 1.28. The van der Waals surface area contributed by atoms with Crippen molar-refractivity contribution in [2.45, 2.75) is 59.5 Å². The van der Waals surface area contributed by atoms with Gasteiger partial charge in [0.2, 0.25) is 0 Å². The molecule has 7 nitrogen and oxygen atoms in total. The van der Waals surface area contributed by atoms with Crippen molar-refractivity contribution in [3.8, 4) is 0 Å². The summed E-state index contributed by atoms with van der Waals surface area (Å²) in [6.07, 6.45) is 0.893. The Bertz CT molecular complexity index is 937. The zero-order valence-corrected chi connectivity index (χ0v) is 18.3. The molecule has 0 saturated heterocycles. The lowest BCUT2D eigenvalue weighted by Crippen LogP contribution is -2.43. The summed E-state index contributed by atoms with van der Waals surface area (Å²) in [5.74, 6) is -2.15. The van der Waals surface area contributed by atoms with Gasteiger partial charge in [0.1, 0.15) is 17.4 Å². The number of esters is 2. The van der Waals surface area contributed by atoms with Gasteiger partial charge in [-0.1, -0.05) is 13.8 Å². The third-order valence-electron chi connectivity index (χ3n) is 5.89. The molecule has 2 aliphatic rings. The Balaban J connectivity index is 2.13. The number of furan rings is 1. The maximum Gasteiger partial charge on any atom is 0.337 e. The minimum absolute atomic E-state index is 0.225. The van der Waals surface area contributed by atoms with Gasteiger partial charge in [-0.05, 0) is 51.7 Å². The predicted molar refractivity (Wildman–Crippen MR) is 109 cm³/mol. The van der Waals surface area contributed by atoms with Gasteiger partial charge < -0.3 is 19.2 Å². The van der Waals surface area contributed by atoms with Crippen LogP contribution in [0.1, 0.15) is 58.0 Å². The molecule has 0 aromatic carbocycles.